The van der Waals surface area contributed by atoms with Gasteiger partial charge in [0.05, 0.1) is 5.56 Å². The summed E-state index contributed by atoms with van der Waals surface area (Å²) < 4.78 is 24.4. The molecule has 0 bridgehead atoms. The summed E-state index contributed by atoms with van der Waals surface area (Å²) in [5, 5.41) is -0.646. The van der Waals surface area contributed by atoms with E-state index in [1.807, 2.05) is 0 Å². The molecule has 1 fully saturated rings. The normalized spacial score (nSPS) is 19.9. The second-order valence-electron chi connectivity index (χ2n) is 4.19. The van der Waals surface area contributed by atoms with E-state index in [1.165, 1.54) is 6.33 Å². The van der Waals surface area contributed by atoms with E-state index in [1.54, 1.807) is 23.6 Å². The lowest BCUT2D eigenvalue weighted by atomic mass is 10.3. The van der Waals surface area contributed by atoms with Gasteiger partial charge in [0, 0.05) is 23.8 Å². The van der Waals surface area contributed by atoms with Gasteiger partial charge in [-0.05, 0) is 0 Å². The first-order valence-corrected chi connectivity index (χ1v) is 9.27. The summed E-state index contributed by atoms with van der Waals surface area (Å²) in [5.41, 5.74) is 0.136. The smallest absolute Gasteiger partial charge is 0.171 e. The largest absolute Gasteiger partial charge is 0.337 e. The number of aromatic nitrogens is 2. The Labute approximate surface area is 126 Å². The summed E-state index contributed by atoms with van der Waals surface area (Å²) in [5.74, 6) is 1.57. The van der Waals surface area contributed by atoms with Crippen molar-refractivity contribution < 1.29 is 13.2 Å². The molecule has 0 aromatic carbocycles. The van der Waals surface area contributed by atoms with Crippen LogP contribution in [0.25, 0.3) is 0 Å². The van der Waals surface area contributed by atoms with Gasteiger partial charge < -0.3 is 4.90 Å². The molecule has 1 aromatic heterocycles. The Kier molecular flexibility index (Phi) is 4.87. The molecule has 1 aliphatic rings. The van der Waals surface area contributed by atoms with Crippen LogP contribution in [0.1, 0.15) is 17.3 Å². The van der Waals surface area contributed by atoms with E-state index in [-0.39, 0.29) is 16.5 Å². The number of hydrogen-bond donors (Lipinski definition) is 0. The molecule has 20 heavy (non-hydrogen) atoms. The van der Waals surface area contributed by atoms with Gasteiger partial charge in [-0.2, -0.15) is 11.8 Å². The van der Waals surface area contributed by atoms with Gasteiger partial charge in [-0.3, -0.25) is 4.79 Å². The lowest BCUT2D eigenvalue weighted by molar-refractivity contribution is 0.112. The summed E-state index contributed by atoms with van der Waals surface area (Å²) in [6.07, 6.45) is 1.80. The second-order valence-corrected chi connectivity index (χ2v) is 8.15. The van der Waals surface area contributed by atoms with Gasteiger partial charge in [0.25, 0.3) is 0 Å². The van der Waals surface area contributed by atoms with Gasteiger partial charge in [-0.25, -0.2) is 18.4 Å². The lowest BCUT2D eigenvalue weighted by Gasteiger charge is -2.36. The molecule has 9 heteroatoms. The first kappa shape index (κ1) is 15.5. The summed E-state index contributed by atoms with van der Waals surface area (Å²) in [7, 11) is -3.27. The number of carbonyl (C=O) groups is 1. The maximum Gasteiger partial charge on any atom is 0.171 e. The van der Waals surface area contributed by atoms with E-state index in [9.17, 15) is 13.2 Å². The van der Waals surface area contributed by atoms with Crippen LogP contribution in [0.3, 0.4) is 0 Å². The highest BCUT2D eigenvalue weighted by atomic mass is 35.5. The van der Waals surface area contributed by atoms with Crippen molar-refractivity contribution in [1.82, 2.24) is 9.97 Å². The number of carbonyl (C=O) groups excluding carboxylic acids is 1. The monoisotopic (exact) mass is 335 g/mol. The topological polar surface area (TPSA) is 80.2 Å². The summed E-state index contributed by atoms with van der Waals surface area (Å²) in [6, 6.07) is 0. The molecule has 0 radical (unpaired) electrons. The van der Waals surface area contributed by atoms with Crippen LogP contribution < -0.4 is 4.90 Å². The molecule has 6 nitrogen and oxygen atoms in total. The lowest BCUT2D eigenvalue weighted by Crippen LogP contribution is -2.48. The first-order valence-electron chi connectivity index (χ1n) is 6.03. The van der Waals surface area contributed by atoms with Crippen LogP contribution in [-0.2, 0) is 9.84 Å². The Morgan fingerprint density at radius 1 is 1.55 bits per heavy atom. The minimum atomic E-state index is -3.27. The highest BCUT2D eigenvalue weighted by Gasteiger charge is 2.35. The summed E-state index contributed by atoms with van der Waals surface area (Å²) >= 11 is 7.46. The van der Waals surface area contributed by atoms with Crippen LogP contribution in [0.5, 0.6) is 0 Å². The van der Waals surface area contributed by atoms with Gasteiger partial charge in [0.15, 0.2) is 16.1 Å². The van der Waals surface area contributed by atoms with Gasteiger partial charge in [0.1, 0.15) is 22.7 Å². The molecule has 1 aromatic rings. The van der Waals surface area contributed by atoms with Crippen LogP contribution in [0, 0.1) is 0 Å². The van der Waals surface area contributed by atoms with Crippen LogP contribution in [0.2, 0.25) is 5.15 Å². The molecule has 2 rings (SSSR count). The maximum absolute atomic E-state index is 12.2. The van der Waals surface area contributed by atoms with E-state index >= 15 is 0 Å². The molecule has 0 amide bonds. The zero-order valence-electron chi connectivity index (χ0n) is 10.8. The highest BCUT2D eigenvalue weighted by molar-refractivity contribution is 8.01. The predicted octanol–water partition coefficient (Wildman–Crippen LogP) is 1.26. The first-order chi connectivity index (χ1) is 9.51. The SMILES string of the molecule is CCS(=O)(=O)C1CSCCN1c1ncnc(Cl)c1C=O. The van der Waals surface area contributed by atoms with Crippen molar-refractivity contribution in [2.45, 2.75) is 12.3 Å². The third-order valence-corrected chi connectivity index (χ3v) is 6.70. The maximum atomic E-state index is 12.2. The van der Waals surface area contributed by atoms with E-state index < -0.39 is 15.2 Å². The van der Waals surface area contributed by atoms with Crippen LogP contribution in [0.4, 0.5) is 5.82 Å². The Bertz CT molecular complexity index is 609. The second kappa shape index (κ2) is 6.28. The van der Waals surface area contributed by atoms with Crippen molar-refractivity contribution in [3.05, 3.63) is 17.0 Å². The fourth-order valence-electron chi connectivity index (χ4n) is 2.01. The van der Waals surface area contributed by atoms with Gasteiger partial charge >= 0.3 is 0 Å². The Morgan fingerprint density at radius 2 is 2.30 bits per heavy atom. The number of anilines is 1. The van der Waals surface area contributed by atoms with Gasteiger partial charge in [-0.1, -0.05) is 18.5 Å². The molecule has 1 unspecified atom stereocenters. The molecule has 1 aliphatic heterocycles. The van der Waals surface area contributed by atoms with Crippen molar-refractivity contribution in [1.29, 1.82) is 0 Å². The Balaban J connectivity index is 2.49. The Hall–Kier alpha value is -0.860. The molecule has 1 atom stereocenters. The molecule has 0 N–H and O–H groups in total. The van der Waals surface area contributed by atoms with Crippen LogP contribution in [0.15, 0.2) is 6.33 Å². The summed E-state index contributed by atoms with van der Waals surface area (Å²) in [4.78, 5) is 20.6. The van der Waals surface area contributed by atoms with E-state index in [4.69, 9.17) is 11.6 Å². The standard InChI is InChI=1S/C11H14ClN3O3S2/c1-2-20(17,18)9-6-19-4-3-15(9)11-8(5-16)10(12)13-7-14-11/h5,7,9H,2-4,6H2,1H3. The molecule has 0 spiro atoms. The summed E-state index contributed by atoms with van der Waals surface area (Å²) in [6.45, 7) is 2.11. The van der Waals surface area contributed by atoms with Crippen molar-refractivity contribution in [2.75, 3.05) is 28.7 Å². The van der Waals surface area contributed by atoms with Crippen molar-refractivity contribution in [3.63, 3.8) is 0 Å². The fraction of sp³-hybridized carbons (Fsp3) is 0.545. The Morgan fingerprint density at radius 3 is 2.95 bits per heavy atom. The van der Waals surface area contributed by atoms with Gasteiger partial charge in [-0.15, -0.1) is 0 Å². The number of thioether (sulfide) groups is 1. The van der Waals surface area contributed by atoms with E-state index in [0.29, 0.717) is 24.4 Å². The van der Waals surface area contributed by atoms with Crippen LogP contribution >= 0.6 is 23.4 Å². The fourth-order valence-corrected chi connectivity index (χ4v) is 5.15. The molecule has 0 aliphatic carbocycles. The van der Waals surface area contributed by atoms with Crippen molar-refractivity contribution >= 4 is 45.3 Å². The van der Waals surface area contributed by atoms with Crippen molar-refractivity contribution in [3.8, 4) is 0 Å². The number of nitrogens with zero attached hydrogens (tertiary/aromatic N) is 3. The molecular formula is C11H14ClN3O3S2. The number of sulfone groups is 1. The van der Waals surface area contributed by atoms with Gasteiger partial charge in [0.2, 0.25) is 0 Å². The minimum absolute atomic E-state index is 0.0378. The zero-order chi connectivity index (χ0) is 14.8. The number of aldehydes is 1. The third kappa shape index (κ3) is 2.91. The zero-order valence-corrected chi connectivity index (χ0v) is 13.2. The molecule has 2 heterocycles. The number of halogens is 1. The molecular weight excluding hydrogens is 322 g/mol. The van der Waals surface area contributed by atoms with E-state index in [0.717, 1.165) is 5.75 Å². The van der Waals surface area contributed by atoms with E-state index in [2.05, 4.69) is 9.97 Å². The molecule has 1 saturated heterocycles. The minimum Gasteiger partial charge on any atom is -0.337 e. The highest BCUT2D eigenvalue weighted by Crippen LogP contribution is 2.29. The number of rotatable bonds is 4. The molecule has 110 valence electrons. The quantitative estimate of drug-likeness (QED) is 0.605. The van der Waals surface area contributed by atoms with Crippen LogP contribution in [-0.4, -0.2) is 53.8 Å². The van der Waals surface area contributed by atoms with Crippen molar-refractivity contribution in [2.24, 2.45) is 0 Å². The third-order valence-electron chi connectivity index (χ3n) is 3.11. The average Bonchev–Trinajstić information content (AvgIpc) is 2.47. The molecule has 0 saturated carbocycles. The average molecular weight is 336 g/mol. The number of hydrogen-bond acceptors (Lipinski definition) is 7. The predicted molar refractivity (Wildman–Crippen MR) is 80.3 cm³/mol.